The molecule has 3 rings (SSSR count). The van der Waals surface area contributed by atoms with Crippen molar-refractivity contribution in [3.05, 3.63) is 0 Å². The van der Waals surface area contributed by atoms with Crippen molar-refractivity contribution in [2.75, 3.05) is 39.4 Å². The molecule has 3 aliphatic rings. The number of ether oxygens (including phenoxy) is 2. The van der Waals surface area contributed by atoms with E-state index < -0.39 is 6.10 Å². The van der Waals surface area contributed by atoms with E-state index in [4.69, 9.17) is 9.47 Å². The van der Waals surface area contributed by atoms with Gasteiger partial charge in [-0.05, 0) is 38.5 Å². The van der Waals surface area contributed by atoms with Gasteiger partial charge in [0.25, 0.3) is 0 Å². The number of aliphatic hydroxyl groups is 1. The smallest absolute Gasteiger partial charge is 0.317 e. The molecule has 8 nitrogen and oxygen atoms in total. The third-order valence-electron chi connectivity index (χ3n) is 5.88. The number of carbonyl (C=O) groups excluding carboxylic acids is 2. The number of urea groups is 1. The Kier molecular flexibility index (Phi) is 7.93. The van der Waals surface area contributed by atoms with Crippen LogP contribution in [-0.4, -0.2) is 90.6 Å². The summed E-state index contributed by atoms with van der Waals surface area (Å²) in [6.45, 7) is 5.06. The van der Waals surface area contributed by atoms with Crippen LogP contribution in [0.15, 0.2) is 0 Å². The van der Waals surface area contributed by atoms with Crippen LogP contribution >= 0.6 is 0 Å². The number of aliphatic hydroxyl groups excluding tert-OH is 1. The highest BCUT2D eigenvalue weighted by atomic mass is 16.5. The molecule has 4 atom stereocenters. The molecule has 3 fully saturated rings. The van der Waals surface area contributed by atoms with E-state index in [0.29, 0.717) is 19.6 Å². The van der Waals surface area contributed by atoms with Crippen LogP contribution in [0.3, 0.4) is 0 Å². The van der Waals surface area contributed by atoms with Crippen molar-refractivity contribution in [2.45, 2.75) is 76.2 Å². The molecule has 0 saturated carbocycles. The van der Waals surface area contributed by atoms with Crippen molar-refractivity contribution in [3.63, 3.8) is 0 Å². The molecule has 28 heavy (non-hydrogen) atoms. The van der Waals surface area contributed by atoms with Gasteiger partial charge in [-0.15, -0.1) is 0 Å². The van der Waals surface area contributed by atoms with Gasteiger partial charge in [0, 0.05) is 19.6 Å². The Labute approximate surface area is 167 Å². The zero-order valence-corrected chi connectivity index (χ0v) is 17.0. The lowest BCUT2D eigenvalue weighted by Crippen LogP contribution is -2.59. The highest BCUT2D eigenvalue weighted by Crippen LogP contribution is 2.28. The van der Waals surface area contributed by atoms with Crippen LogP contribution in [0.25, 0.3) is 0 Å². The number of carbonyl (C=O) groups is 2. The molecule has 0 aromatic rings. The minimum atomic E-state index is -0.702. The first-order valence-electron chi connectivity index (χ1n) is 10.8. The summed E-state index contributed by atoms with van der Waals surface area (Å²) in [6.07, 6.45) is 4.99. The summed E-state index contributed by atoms with van der Waals surface area (Å²) in [6, 6.07) is -0.308. The minimum absolute atomic E-state index is 0.135. The van der Waals surface area contributed by atoms with Crippen molar-refractivity contribution in [1.82, 2.24) is 15.1 Å². The van der Waals surface area contributed by atoms with Gasteiger partial charge in [0.15, 0.2) is 0 Å². The summed E-state index contributed by atoms with van der Waals surface area (Å²) in [5.41, 5.74) is 0. The molecule has 3 amide bonds. The van der Waals surface area contributed by atoms with Crippen molar-refractivity contribution in [2.24, 2.45) is 0 Å². The molecular formula is C20H35N3O5. The average Bonchev–Trinajstić information content (AvgIpc) is 2.70. The SMILES string of the molecule is CCCNC(=O)N1C[C@H](O)COC[C@H]2O[C@H](CC(=O)N3CCCCC3)CC[C@@H]21. The van der Waals surface area contributed by atoms with Crippen molar-refractivity contribution in [3.8, 4) is 0 Å². The largest absolute Gasteiger partial charge is 0.389 e. The molecule has 160 valence electrons. The number of nitrogens with one attached hydrogen (secondary N) is 1. The van der Waals surface area contributed by atoms with E-state index >= 15 is 0 Å². The molecule has 0 aromatic heterocycles. The van der Waals surface area contributed by atoms with Gasteiger partial charge in [-0.3, -0.25) is 4.79 Å². The first-order chi connectivity index (χ1) is 13.6. The van der Waals surface area contributed by atoms with E-state index in [0.717, 1.165) is 45.2 Å². The van der Waals surface area contributed by atoms with Crippen molar-refractivity contribution in [1.29, 1.82) is 0 Å². The monoisotopic (exact) mass is 397 g/mol. The summed E-state index contributed by atoms with van der Waals surface area (Å²) in [5, 5.41) is 13.0. The third-order valence-corrected chi connectivity index (χ3v) is 5.88. The maximum Gasteiger partial charge on any atom is 0.317 e. The predicted octanol–water partition coefficient (Wildman–Crippen LogP) is 1.12. The number of β-amino-alcohol motifs (C(OH)–C–C–N with tert-alkyl or cyclic N) is 1. The van der Waals surface area contributed by atoms with Crippen LogP contribution in [0.5, 0.6) is 0 Å². The van der Waals surface area contributed by atoms with Gasteiger partial charge >= 0.3 is 6.03 Å². The lowest BCUT2D eigenvalue weighted by atomic mass is 9.94. The fourth-order valence-corrected chi connectivity index (χ4v) is 4.38. The number of fused-ring (bicyclic) bond motifs is 1. The zero-order valence-electron chi connectivity index (χ0n) is 17.0. The number of rotatable bonds is 4. The van der Waals surface area contributed by atoms with Gasteiger partial charge in [-0.1, -0.05) is 6.92 Å². The van der Waals surface area contributed by atoms with E-state index in [9.17, 15) is 14.7 Å². The summed E-state index contributed by atoms with van der Waals surface area (Å²) >= 11 is 0. The molecule has 0 radical (unpaired) electrons. The standard InChI is InChI=1S/C20H35N3O5/c1-2-8-21-20(26)23-12-15(24)13-27-14-18-17(23)7-6-16(28-18)11-19(25)22-9-4-3-5-10-22/h15-18,24H,2-14H2,1H3,(H,21,26)/t15-,16-,17-,18+/m0/s1. The zero-order chi connectivity index (χ0) is 19.9. The molecule has 0 bridgehead atoms. The normalized spacial score (nSPS) is 31.5. The Morgan fingerprint density at radius 3 is 2.68 bits per heavy atom. The second kappa shape index (κ2) is 10.4. The van der Waals surface area contributed by atoms with E-state index in [-0.39, 0.29) is 43.3 Å². The van der Waals surface area contributed by atoms with Gasteiger partial charge in [0.05, 0.1) is 44.4 Å². The van der Waals surface area contributed by atoms with E-state index in [1.165, 1.54) is 6.42 Å². The average molecular weight is 398 g/mol. The Bertz CT molecular complexity index is 526. The lowest BCUT2D eigenvalue weighted by Gasteiger charge is -2.44. The summed E-state index contributed by atoms with van der Waals surface area (Å²) in [4.78, 5) is 28.9. The molecule has 3 saturated heterocycles. The number of likely N-dealkylation sites (tertiary alicyclic amines) is 1. The van der Waals surface area contributed by atoms with Crippen LogP contribution < -0.4 is 5.32 Å². The second-order valence-corrected chi connectivity index (χ2v) is 8.16. The van der Waals surface area contributed by atoms with Crippen LogP contribution in [0.2, 0.25) is 0 Å². The van der Waals surface area contributed by atoms with Gasteiger partial charge in [0.1, 0.15) is 6.10 Å². The maximum atomic E-state index is 12.6. The number of amides is 3. The quantitative estimate of drug-likeness (QED) is 0.742. The summed E-state index contributed by atoms with van der Waals surface area (Å²) in [5.74, 6) is 0.169. The lowest BCUT2D eigenvalue weighted by molar-refractivity contribution is -0.155. The number of hydrogen-bond donors (Lipinski definition) is 2. The highest BCUT2D eigenvalue weighted by molar-refractivity contribution is 5.77. The number of hydrogen-bond acceptors (Lipinski definition) is 5. The van der Waals surface area contributed by atoms with E-state index in [1.807, 2.05) is 11.8 Å². The summed E-state index contributed by atoms with van der Waals surface area (Å²) < 4.78 is 11.8. The van der Waals surface area contributed by atoms with Crippen LogP contribution in [0.1, 0.15) is 51.9 Å². The fraction of sp³-hybridized carbons (Fsp3) is 0.900. The van der Waals surface area contributed by atoms with Gasteiger partial charge < -0.3 is 29.7 Å². The van der Waals surface area contributed by atoms with Crippen molar-refractivity contribution < 1.29 is 24.2 Å². The topological polar surface area (TPSA) is 91.3 Å². The van der Waals surface area contributed by atoms with E-state index in [1.54, 1.807) is 4.90 Å². The molecular weight excluding hydrogens is 362 g/mol. The third kappa shape index (κ3) is 5.58. The van der Waals surface area contributed by atoms with Gasteiger partial charge in [-0.25, -0.2) is 4.79 Å². The number of piperidine rings is 1. The first kappa shape index (κ1) is 21.3. The van der Waals surface area contributed by atoms with Crippen LogP contribution in [-0.2, 0) is 14.3 Å². The first-order valence-corrected chi connectivity index (χ1v) is 10.8. The molecule has 0 aromatic carbocycles. The molecule has 3 heterocycles. The molecule has 2 N–H and O–H groups in total. The molecule has 0 aliphatic carbocycles. The maximum absolute atomic E-state index is 12.6. The van der Waals surface area contributed by atoms with Gasteiger partial charge in [-0.2, -0.15) is 0 Å². The molecule has 3 aliphatic heterocycles. The Balaban J connectivity index is 1.60. The molecule has 0 spiro atoms. The fourth-order valence-electron chi connectivity index (χ4n) is 4.38. The number of nitrogens with zero attached hydrogens (tertiary/aromatic N) is 2. The van der Waals surface area contributed by atoms with Crippen LogP contribution in [0, 0.1) is 0 Å². The Morgan fingerprint density at radius 1 is 1.14 bits per heavy atom. The van der Waals surface area contributed by atoms with Gasteiger partial charge in [0.2, 0.25) is 5.91 Å². The summed E-state index contributed by atoms with van der Waals surface area (Å²) in [7, 11) is 0. The van der Waals surface area contributed by atoms with Crippen LogP contribution in [0.4, 0.5) is 4.79 Å². The second-order valence-electron chi connectivity index (χ2n) is 8.16. The highest BCUT2D eigenvalue weighted by Gasteiger charge is 2.40. The minimum Gasteiger partial charge on any atom is -0.389 e. The molecule has 0 unspecified atom stereocenters. The van der Waals surface area contributed by atoms with E-state index in [2.05, 4.69) is 5.32 Å². The van der Waals surface area contributed by atoms with Crippen molar-refractivity contribution >= 4 is 11.9 Å². The Hall–Kier alpha value is -1.38. The predicted molar refractivity (Wildman–Crippen MR) is 104 cm³/mol. The molecule has 8 heteroatoms. The Morgan fingerprint density at radius 2 is 1.93 bits per heavy atom.